The second-order valence-corrected chi connectivity index (χ2v) is 8.41. The van der Waals surface area contributed by atoms with Gasteiger partial charge in [0.2, 0.25) is 0 Å². The van der Waals surface area contributed by atoms with E-state index in [9.17, 15) is 9.59 Å². The summed E-state index contributed by atoms with van der Waals surface area (Å²) in [6.07, 6.45) is 4.39. The number of nitrogens with one attached hydrogen (secondary N) is 1. The lowest BCUT2D eigenvalue weighted by Gasteiger charge is -2.32. The standard InChI is InChI=1S/C24H26N2O4/c27-23-15-30-22-8-7-18(13-20(22)25-23)24(28)26-11-9-16(10-12-26)14-29-21-4-2-1-3-19(21)17-5-6-17/h1-4,7-8,13,16-17H,5-6,9-12,14-15H2,(H,25,27). The number of carbonyl (C=O) groups is 2. The maximum atomic E-state index is 12.9. The van der Waals surface area contributed by atoms with Crippen LogP contribution in [-0.4, -0.2) is 43.0 Å². The van der Waals surface area contributed by atoms with Crippen molar-refractivity contribution in [1.82, 2.24) is 4.90 Å². The van der Waals surface area contributed by atoms with Crippen molar-refractivity contribution in [3.8, 4) is 11.5 Å². The van der Waals surface area contributed by atoms with Gasteiger partial charge in [0.1, 0.15) is 11.5 Å². The number of rotatable bonds is 5. The molecule has 6 nitrogen and oxygen atoms in total. The highest BCUT2D eigenvalue weighted by molar-refractivity contribution is 5.99. The lowest BCUT2D eigenvalue weighted by molar-refractivity contribution is -0.118. The van der Waals surface area contributed by atoms with Crippen LogP contribution in [0.2, 0.25) is 0 Å². The molecule has 0 unspecified atom stereocenters. The Morgan fingerprint density at radius 3 is 2.70 bits per heavy atom. The monoisotopic (exact) mass is 406 g/mol. The highest BCUT2D eigenvalue weighted by Gasteiger charge is 2.28. The molecule has 1 aliphatic carbocycles. The van der Waals surface area contributed by atoms with Gasteiger partial charge in [-0.1, -0.05) is 18.2 Å². The Bertz CT molecular complexity index is 961. The zero-order valence-corrected chi connectivity index (χ0v) is 16.9. The number of hydrogen-bond donors (Lipinski definition) is 1. The van der Waals surface area contributed by atoms with E-state index in [-0.39, 0.29) is 18.4 Å². The number of fused-ring (bicyclic) bond motifs is 1. The highest BCUT2D eigenvalue weighted by atomic mass is 16.5. The molecule has 2 amide bonds. The first-order valence-corrected chi connectivity index (χ1v) is 10.7. The number of likely N-dealkylation sites (tertiary alicyclic amines) is 1. The van der Waals surface area contributed by atoms with E-state index in [0.717, 1.165) is 31.7 Å². The van der Waals surface area contributed by atoms with Gasteiger partial charge in [0, 0.05) is 18.7 Å². The fourth-order valence-corrected chi connectivity index (χ4v) is 4.25. The van der Waals surface area contributed by atoms with E-state index >= 15 is 0 Å². The summed E-state index contributed by atoms with van der Waals surface area (Å²) in [5, 5.41) is 2.76. The van der Waals surface area contributed by atoms with E-state index in [1.165, 1.54) is 18.4 Å². The van der Waals surface area contributed by atoms with Crippen molar-refractivity contribution < 1.29 is 19.1 Å². The molecule has 0 bridgehead atoms. The minimum absolute atomic E-state index is 0.00364. The van der Waals surface area contributed by atoms with Gasteiger partial charge in [0.05, 0.1) is 12.3 Å². The average molecular weight is 406 g/mol. The molecule has 0 atom stereocenters. The normalized spacial score (nSPS) is 18.9. The van der Waals surface area contributed by atoms with Crippen molar-refractivity contribution in [2.75, 3.05) is 31.6 Å². The highest BCUT2D eigenvalue weighted by Crippen LogP contribution is 2.44. The number of ether oxygens (including phenoxy) is 2. The van der Waals surface area contributed by atoms with E-state index in [4.69, 9.17) is 9.47 Å². The van der Waals surface area contributed by atoms with Gasteiger partial charge in [0.15, 0.2) is 6.61 Å². The molecular weight excluding hydrogens is 380 g/mol. The van der Waals surface area contributed by atoms with Crippen molar-refractivity contribution in [2.24, 2.45) is 5.92 Å². The van der Waals surface area contributed by atoms with Crippen LogP contribution in [-0.2, 0) is 4.79 Å². The van der Waals surface area contributed by atoms with Crippen molar-refractivity contribution >= 4 is 17.5 Å². The number of para-hydroxylation sites is 1. The molecule has 1 N–H and O–H groups in total. The van der Waals surface area contributed by atoms with Gasteiger partial charge in [-0.2, -0.15) is 0 Å². The minimum Gasteiger partial charge on any atom is -0.493 e. The molecule has 0 aromatic heterocycles. The van der Waals surface area contributed by atoms with Gasteiger partial charge in [-0.25, -0.2) is 0 Å². The summed E-state index contributed by atoms with van der Waals surface area (Å²) in [6, 6.07) is 13.6. The maximum Gasteiger partial charge on any atom is 0.262 e. The first-order valence-electron chi connectivity index (χ1n) is 10.7. The zero-order chi connectivity index (χ0) is 20.5. The Hall–Kier alpha value is -3.02. The van der Waals surface area contributed by atoms with Crippen LogP contribution < -0.4 is 14.8 Å². The van der Waals surface area contributed by atoms with Gasteiger partial charge in [-0.05, 0) is 67.3 Å². The molecule has 6 heteroatoms. The van der Waals surface area contributed by atoms with Crippen LogP contribution in [0.25, 0.3) is 0 Å². The molecule has 2 fully saturated rings. The third-order valence-corrected chi connectivity index (χ3v) is 6.17. The lowest BCUT2D eigenvalue weighted by Crippen LogP contribution is -2.39. The zero-order valence-electron chi connectivity index (χ0n) is 16.9. The smallest absolute Gasteiger partial charge is 0.262 e. The molecule has 30 heavy (non-hydrogen) atoms. The van der Waals surface area contributed by atoms with Crippen LogP contribution in [0.1, 0.15) is 47.5 Å². The SMILES string of the molecule is O=C1COc2ccc(C(=O)N3CCC(COc4ccccc4C4CC4)CC3)cc2N1. The third kappa shape index (κ3) is 3.99. The summed E-state index contributed by atoms with van der Waals surface area (Å²) in [6.45, 7) is 2.16. The summed E-state index contributed by atoms with van der Waals surface area (Å²) in [7, 11) is 0. The Morgan fingerprint density at radius 1 is 1.10 bits per heavy atom. The van der Waals surface area contributed by atoms with Crippen LogP contribution in [0.3, 0.4) is 0 Å². The summed E-state index contributed by atoms with van der Waals surface area (Å²) >= 11 is 0. The molecule has 0 spiro atoms. The van der Waals surface area contributed by atoms with E-state index in [1.807, 2.05) is 11.0 Å². The van der Waals surface area contributed by atoms with E-state index in [0.29, 0.717) is 35.4 Å². The topological polar surface area (TPSA) is 67.9 Å². The number of amides is 2. The molecule has 2 aromatic rings. The molecule has 2 heterocycles. The average Bonchev–Trinajstić information content (AvgIpc) is 3.62. The molecule has 1 saturated heterocycles. The Kier molecular flexibility index (Phi) is 5.07. The molecule has 0 radical (unpaired) electrons. The van der Waals surface area contributed by atoms with Crippen LogP contribution in [0.15, 0.2) is 42.5 Å². The number of piperidine rings is 1. The van der Waals surface area contributed by atoms with Gasteiger partial charge < -0.3 is 19.7 Å². The van der Waals surface area contributed by atoms with Crippen molar-refractivity contribution in [3.63, 3.8) is 0 Å². The Labute approximate surface area is 176 Å². The van der Waals surface area contributed by atoms with Crippen molar-refractivity contribution in [1.29, 1.82) is 0 Å². The Morgan fingerprint density at radius 2 is 1.90 bits per heavy atom. The molecule has 1 saturated carbocycles. The molecule has 3 aliphatic rings. The molecule has 156 valence electrons. The van der Waals surface area contributed by atoms with Gasteiger partial charge in [-0.15, -0.1) is 0 Å². The number of nitrogens with zero attached hydrogens (tertiary/aromatic N) is 1. The quantitative estimate of drug-likeness (QED) is 0.820. The predicted octanol–water partition coefficient (Wildman–Crippen LogP) is 3.83. The summed E-state index contributed by atoms with van der Waals surface area (Å²) < 4.78 is 11.5. The molecule has 2 aliphatic heterocycles. The lowest BCUT2D eigenvalue weighted by atomic mass is 9.97. The number of anilines is 1. The van der Waals surface area contributed by atoms with Crippen LogP contribution in [0, 0.1) is 5.92 Å². The van der Waals surface area contributed by atoms with Crippen LogP contribution >= 0.6 is 0 Å². The molecular formula is C24H26N2O4. The van der Waals surface area contributed by atoms with E-state index in [2.05, 4.69) is 23.5 Å². The molecule has 5 rings (SSSR count). The predicted molar refractivity (Wildman–Crippen MR) is 113 cm³/mol. The van der Waals surface area contributed by atoms with Gasteiger partial charge >= 0.3 is 0 Å². The van der Waals surface area contributed by atoms with Crippen LogP contribution in [0.5, 0.6) is 11.5 Å². The van der Waals surface area contributed by atoms with E-state index in [1.54, 1.807) is 18.2 Å². The minimum atomic E-state index is -0.198. The summed E-state index contributed by atoms with van der Waals surface area (Å²) in [5.74, 6) is 2.56. The summed E-state index contributed by atoms with van der Waals surface area (Å²) in [4.78, 5) is 26.3. The fraction of sp³-hybridized carbons (Fsp3) is 0.417. The maximum absolute atomic E-state index is 12.9. The van der Waals surface area contributed by atoms with Gasteiger partial charge in [-0.3, -0.25) is 9.59 Å². The second-order valence-electron chi connectivity index (χ2n) is 8.41. The first kappa shape index (κ1) is 19.0. The third-order valence-electron chi connectivity index (χ3n) is 6.17. The summed E-state index contributed by atoms with van der Waals surface area (Å²) in [5.41, 5.74) is 2.48. The Balaban J connectivity index is 1.16. The fourth-order valence-electron chi connectivity index (χ4n) is 4.25. The first-order chi connectivity index (χ1) is 14.7. The number of hydrogen-bond acceptors (Lipinski definition) is 4. The van der Waals surface area contributed by atoms with Crippen LogP contribution in [0.4, 0.5) is 5.69 Å². The largest absolute Gasteiger partial charge is 0.493 e. The number of benzene rings is 2. The van der Waals surface area contributed by atoms with E-state index < -0.39 is 0 Å². The van der Waals surface area contributed by atoms with Crippen molar-refractivity contribution in [2.45, 2.75) is 31.6 Å². The second kappa shape index (κ2) is 8.01. The van der Waals surface area contributed by atoms with Gasteiger partial charge in [0.25, 0.3) is 11.8 Å². The molecule has 2 aromatic carbocycles. The number of carbonyl (C=O) groups excluding carboxylic acids is 2. The van der Waals surface area contributed by atoms with Crippen molar-refractivity contribution in [3.05, 3.63) is 53.6 Å².